The van der Waals surface area contributed by atoms with Crippen molar-refractivity contribution in [3.05, 3.63) is 52.0 Å². The van der Waals surface area contributed by atoms with Gasteiger partial charge in [-0.05, 0) is 48.7 Å². The van der Waals surface area contributed by atoms with Crippen LogP contribution in [0.3, 0.4) is 0 Å². The maximum atomic E-state index is 13.3. The minimum atomic E-state index is -3.84. The van der Waals surface area contributed by atoms with E-state index in [2.05, 4.69) is 4.90 Å². The van der Waals surface area contributed by atoms with E-state index in [4.69, 9.17) is 32.7 Å². The third-order valence-corrected chi connectivity index (χ3v) is 9.35. The Hall–Kier alpha value is -2.04. The van der Waals surface area contributed by atoms with E-state index in [1.54, 1.807) is 6.07 Å². The number of hydrogen-bond donors (Lipinski definition) is 0. The van der Waals surface area contributed by atoms with E-state index >= 15 is 0 Å². The number of fused-ring (bicyclic) bond motifs is 1. The van der Waals surface area contributed by atoms with Gasteiger partial charge in [-0.25, -0.2) is 8.42 Å². The van der Waals surface area contributed by atoms with Crippen LogP contribution in [-0.4, -0.2) is 74.5 Å². The number of ether oxygens (including phenoxy) is 2. The van der Waals surface area contributed by atoms with Gasteiger partial charge in [0.05, 0.1) is 10.9 Å². The molecule has 2 aromatic rings. The highest BCUT2D eigenvalue weighted by molar-refractivity contribution is 7.89. The predicted molar refractivity (Wildman–Crippen MR) is 132 cm³/mol. The van der Waals surface area contributed by atoms with Crippen molar-refractivity contribution in [2.24, 2.45) is 5.92 Å². The van der Waals surface area contributed by atoms with E-state index in [-0.39, 0.29) is 35.1 Å². The second-order valence-electron chi connectivity index (χ2n) is 9.07. The van der Waals surface area contributed by atoms with Crippen LogP contribution in [0.1, 0.15) is 18.4 Å². The zero-order valence-corrected chi connectivity index (χ0v) is 21.5. The van der Waals surface area contributed by atoms with Gasteiger partial charge in [-0.1, -0.05) is 29.3 Å². The molecule has 2 fully saturated rings. The average Bonchev–Trinajstić information content (AvgIpc) is 3.33. The van der Waals surface area contributed by atoms with E-state index < -0.39 is 10.0 Å². The van der Waals surface area contributed by atoms with E-state index in [0.29, 0.717) is 37.5 Å². The van der Waals surface area contributed by atoms with Gasteiger partial charge in [-0.15, -0.1) is 0 Å². The number of carbonyl (C=O) groups is 1. The Morgan fingerprint density at radius 1 is 0.971 bits per heavy atom. The molecular formula is C24H27Cl2N3O5S. The second kappa shape index (κ2) is 10.1. The van der Waals surface area contributed by atoms with Crippen molar-refractivity contribution in [2.45, 2.75) is 24.3 Å². The fourth-order valence-electron chi connectivity index (χ4n) is 4.86. The topological polar surface area (TPSA) is 79.4 Å². The molecule has 3 aliphatic rings. The standard InChI is InChI=1S/C24H27Cl2N3O5S/c25-19-4-5-20(26)23(13-19)35(31,32)29-7-1-2-18(15-29)24(30)28-10-8-27(9-11-28)14-17-3-6-21-22(12-17)34-16-33-21/h3-6,12-13,18H,1-2,7-11,14-16H2/t18-/m0/s1. The van der Waals surface area contributed by atoms with Crippen molar-refractivity contribution in [2.75, 3.05) is 46.1 Å². The maximum Gasteiger partial charge on any atom is 0.244 e. The lowest BCUT2D eigenvalue weighted by Gasteiger charge is -2.38. The molecule has 11 heteroatoms. The third kappa shape index (κ3) is 5.24. The summed E-state index contributed by atoms with van der Waals surface area (Å²) in [6, 6.07) is 10.4. The summed E-state index contributed by atoms with van der Waals surface area (Å²) in [6.45, 7) is 4.29. The van der Waals surface area contributed by atoms with Gasteiger partial charge in [0.1, 0.15) is 4.90 Å². The van der Waals surface area contributed by atoms with Crippen molar-refractivity contribution in [1.82, 2.24) is 14.1 Å². The number of benzene rings is 2. The van der Waals surface area contributed by atoms with Gasteiger partial charge in [0, 0.05) is 50.8 Å². The molecule has 0 spiro atoms. The normalized spacial score (nSPS) is 21.3. The lowest BCUT2D eigenvalue weighted by Crippen LogP contribution is -2.52. The summed E-state index contributed by atoms with van der Waals surface area (Å²) in [4.78, 5) is 17.4. The van der Waals surface area contributed by atoms with Crippen LogP contribution >= 0.6 is 23.2 Å². The molecule has 3 heterocycles. The highest BCUT2D eigenvalue weighted by Crippen LogP contribution is 2.33. The smallest absolute Gasteiger partial charge is 0.244 e. The van der Waals surface area contributed by atoms with Crippen LogP contribution in [0.25, 0.3) is 0 Å². The molecular weight excluding hydrogens is 513 g/mol. The number of nitrogens with zero attached hydrogens (tertiary/aromatic N) is 3. The van der Waals surface area contributed by atoms with Crippen LogP contribution < -0.4 is 9.47 Å². The number of hydrogen-bond acceptors (Lipinski definition) is 6. The van der Waals surface area contributed by atoms with Gasteiger partial charge in [0.2, 0.25) is 22.7 Å². The van der Waals surface area contributed by atoms with Gasteiger partial charge >= 0.3 is 0 Å². The molecule has 5 rings (SSSR count). The Labute approximate surface area is 215 Å². The fraction of sp³-hybridized carbons (Fsp3) is 0.458. The molecule has 0 aliphatic carbocycles. The molecule has 0 saturated carbocycles. The molecule has 3 aliphatic heterocycles. The van der Waals surface area contributed by atoms with E-state index in [0.717, 1.165) is 36.7 Å². The summed E-state index contributed by atoms with van der Waals surface area (Å²) in [6.07, 6.45) is 1.30. The van der Waals surface area contributed by atoms with Crippen molar-refractivity contribution in [3.8, 4) is 11.5 Å². The summed E-state index contributed by atoms with van der Waals surface area (Å²) in [5.41, 5.74) is 1.14. The van der Waals surface area contributed by atoms with Crippen LogP contribution in [-0.2, 0) is 21.4 Å². The van der Waals surface area contributed by atoms with Gasteiger partial charge < -0.3 is 14.4 Å². The van der Waals surface area contributed by atoms with Crippen molar-refractivity contribution in [1.29, 1.82) is 0 Å². The first kappa shape index (κ1) is 24.6. The first-order chi connectivity index (χ1) is 16.8. The van der Waals surface area contributed by atoms with Gasteiger partial charge in [-0.2, -0.15) is 4.31 Å². The van der Waals surface area contributed by atoms with Crippen LogP contribution in [0.15, 0.2) is 41.3 Å². The molecule has 0 unspecified atom stereocenters. The number of sulfonamides is 1. The van der Waals surface area contributed by atoms with E-state index in [1.807, 2.05) is 23.1 Å². The quantitative estimate of drug-likeness (QED) is 0.578. The molecule has 1 amide bonds. The molecule has 0 aromatic heterocycles. The third-order valence-electron chi connectivity index (χ3n) is 6.77. The SMILES string of the molecule is O=C([C@H]1CCCN(S(=O)(=O)c2cc(Cl)ccc2Cl)C1)N1CCN(Cc2ccc3c(c2)OCO3)CC1. The summed E-state index contributed by atoms with van der Waals surface area (Å²) in [7, 11) is -3.84. The number of rotatable bonds is 5. The summed E-state index contributed by atoms with van der Waals surface area (Å²) in [5, 5.41) is 0.428. The highest BCUT2D eigenvalue weighted by Gasteiger charge is 2.36. The minimum Gasteiger partial charge on any atom is -0.454 e. The molecule has 188 valence electrons. The zero-order valence-electron chi connectivity index (χ0n) is 19.2. The predicted octanol–water partition coefficient (Wildman–Crippen LogP) is 3.47. The number of carbonyl (C=O) groups excluding carboxylic acids is 1. The summed E-state index contributed by atoms with van der Waals surface area (Å²) >= 11 is 12.2. The van der Waals surface area contributed by atoms with Gasteiger partial charge in [0.15, 0.2) is 11.5 Å². The first-order valence-corrected chi connectivity index (χ1v) is 13.9. The average molecular weight is 540 g/mol. The molecule has 1 atom stereocenters. The Morgan fingerprint density at radius 2 is 1.74 bits per heavy atom. The Balaban J connectivity index is 1.18. The van der Waals surface area contributed by atoms with E-state index in [9.17, 15) is 13.2 Å². The summed E-state index contributed by atoms with van der Waals surface area (Å²) in [5.74, 6) is 1.19. The zero-order chi connectivity index (χ0) is 24.6. The summed E-state index contributed by atoms with van der Waals surface area (Å²) < 4.78 is 38.7. The van der Waals surface area contributed by atoms with Gasteiger partial charge in [-0.3, -0.25) is 9.69 Å². The molecule has 8 nitrogen and oxygen atoms in total. The molecule has 35 heavy (non-hydrogen) atoms. The molecule has 2 aromatic carbocycles. The number of piperidine rings is 1. The molecule has 2 saturated heterocycles. The monoisotopic (exact) mass is 539 g/mol. The van der Waals surface area contributed by atoms with Gasteiger partial charge in [0.25, 0.3) is 0 Å². The highest BCUT2D eigenvalue weighted by atomic mass is 35.5. The Kier molecular flexibility index (Phi) is 7.14. The first-order valence-electron chi connectivity index (χ1n) is 11.7. The minimum absolute atomic E-state index is 0.0168. The molecule has 0 N–H and O–H groups in total. The van der Waals surface area contributed by atoms with Crippen molar-refractivity contribution < 1.29 is 22.7 Å². The lowest BCUT2D eigenvalue weighted by atomic mass is 9.97. The van der Waals surface area contributed by atoms with Crippen molar-refractivity contribution >= 4 is 39.1 Å². The largest absolute Gasteiger partial charge is 0.454 e. The van der Waals surface area contributed by atoms with Crippen molar-refractivity contribution in [3.63, 3.8) is 0 Å². The van der Waals surface area contributed by atoms with Crippen LogP contribution in [0.2, 0.25) is 10.0 Å². The maximum absolute atomic E-state index is 13.3. The number of halogens is 2. The Bertz CT molecular complexity index is 1220. The van der Waals surface area contributed by atoms with Crippen LogP contribution in [0.4, 0.5) is 0 Å². The van der Waals surface area contributed by atoms with Crippen LogP contribution in [0, 0.1) is 5.92 Å². The van der Waals surface area contributed by atoms with Crippen LogP contribution in [0.5, 0.6) is 11.5 Å². The van der Waals surface area contributed by atoms with E-state index in [1.165, 1.54) is 16.4 Å². The molecule has 0 bridgehead atoms. The fourth-order valence-corrected chi connectivity index (χ4v) is 7.12. The number of piperazine rings is 1. The lowest BCUT2D eigenvalue weighted by molar-refractivity contribution is -0.138. The Morgan fingerprint density at radius 3 is 2.54 bits per heavy atom. The second-order valence-corrected chi connectivity index (χ2v) is 11.8. The molecule has 0 radical (unpaired) electrons. The number of amides is 1.